The van der Waals surface area contributed by atoms with Crippen LogP contribution in [0.25, 0.3) is 0 Å². The number of alkyl halides is 3. The Kier molecular flexibility index (Phi) is 6.28. The van der Waals surface area contributed by atoms with Gasteiger partial charge in [-0.3, -0.25) is 9.83 Å². The highest BCUT2D eigenvalue weighted by molar-refractivity contribution is 5.98. The number of aromatic nitrogens is 3. The molecule has 0 fully saturated rings. The molecule has 0 spiro atoms. The Balaban J connectivity index is 1.62. The van der Waals surface area contributed by atoms with Gasteiger partial charge in [0.2, 0.25) is 0 Å². The minimum absolute atomic E-state index is 0.0461. The second kappa shape index (κ2) is 9.14. The molecule has 0 aliphatic carbocycles. The number of nitrogens with zero attached hydrogens (tertiary/aromatic N) is 4. The van der Waals surface area contributed by atoms with Gasteiger partial charge >= 0.3 is 6.18 Å². The van der Waals surface area contributed by atoms with E-state index >= 15 is 0 Å². The van der Waals surface area contributed by atoms with Gasteiger partial charge in [-0.05, 0) is 56.5 Å². The lowest BCUT2D eigenvalue weighted by Crippen LogP contribution is -2.37. The first-order chi connectivity index (χ1) is 15.7. The van der Waals surface area contributed by atoms with Gasteiger partial charge in [-0.25, -0.2) is 10.5 Å². The van der Waals surface area contributed by atoms with Crippen molar-refractivity contribution in [2.45, 2.75) is 39.4 Å². The van der Waals surface area contributed by atoms with Crippen LogP contribution in [0.4, 0.5) is 13.2 Å². The Labute approximate surface area is 188 Å². The van der Waals surface area contributed by atoms with Crippen molar-refractivity contribution in [2.75, 3.05) is 6.61 Å². The van der Waals surface area contributed by atoms with Gasteiger partial charge in [0.1, 0.15) is 11.6 Å². The number of nitrogens with one attached hydrogen (secondary N) is 1. The zero-order chi connectivity index (χ0) is 23.6. The van der Waals surface area contributed by atoms with Crippen LogP contribution < -0.4 is 10.2 Å². The van der Waals surface area contributed by atoms with E-state index in [-0.39, 0.29) is 29.2 Å². The predicted octanol–water partition coefficient (Wildman–Crippen LogP) is 4.50. The third kappa shape index (κ3) is 5.46. The molecule has 0 amide bonds. The minimum Gasteiger partial charge on any atom is -0.436 e. The minimum atomic E-state index is -4.50. The second-order valence-corrected chi connectivity index (χ2v) is 7.82. The van der Waals surface area contributed by atoms with Gasteiger partial charge in [-0.1, -0.05) is 29.8 Å². The largest absolute Gasteiger partial charge is 0.436 e. The fraction of sp³-hybridized carbons (Fsp3) is 0.304. The predicted molar refractivity (Wildman–Crippen MR) is 115 cm³/mol. The van der Waals surface area contributed by atoms with Crippen molar-refractivity contribution in [1.29, 1.82) is 0 Å². The van der Waals surface area contributed by atoms with E-state index in [1.807, 2.05) is 19.9 Å². The van der Waals surface area contributed by atoms with Crippen LogP contribution in [0.5, 0.6) is 11.6 Å². The van der Waals surface area contributed by atoms with E-state index in [1.165, 1.54) is 23.3 Å². The first kappa shape index (κ1) is 22.7. The summed E-state index contributed by atoms with van der Waals surface area (Å²) in [5, 5.41) is 7.86. The number of halogens is 3. The molecule has 10 heteroatoms. The third-order valence-corrected chi connectivity index (χ3v) is 5.07. The second-order valence-electron chi connectivity index (χ2n) is 7.82. The highest BCUT2D eigenvalue weighted by Crippen LogP contribution is 2.33. The average molecular weight is 457 g/mol. The van der Waals surface area contributed by atoms with Gasteiger partial charge in [-0.2, -0.15) is 13.2 Å². The summed E-state index contributed by atoms with van der Waals surface area (Å²) in [4.78, 5) is 14.6. The number of benzene rings is 2. The highest BCUT2D eigenvalue weighted by atomic mass is 19.4. The topological polar surface area (TPSA) is 81.5 Å². The van der Waals surface area contributed by atoms with Crippen LogP contribution in [0.1, 0.15) is 33.8 Å². The lowest BCUT2D eigenvalue weighted by Gasteiger charge is -2.23. The molecule has 0 saturated carbocycles. The summed E-state index contributed by atoms with van der Waals surface area (Å²) in [7, 11) is 0. The Morgan fingerprint density at radius 2 is 1.91 bits per heavy atom. The Hall–Kier alpha value is -3.53. The summed E-state index contributed by atoms with van der Waals surface area (Å²) >= 11 is 0. The van der Waals surface area contributed by atoms with E-state index < -0.39 is 11.7 Å². The molecule has 2 aromatic carbocycles. The van der Waals surface area contributed by atoms with Crippen LogP contribution in [0.2, 0.25) is 0 Å². The molecule has 0 radical (unpaired) electrons. The molecule has 1 aliphatic heterocycles. The molecule has 1 N–H and O–H groups in total. The third-order valence-electron chi connectivity index (χ3n) is 5.07. The molecular formula is C23H22F3N5O2. The summed E-state index contributed by atoms with van der Waals surface area (Å²) < 4.78 is 44.8. The Morgan fingerprint density at radius 3 is 2.67 bits per heavy atom. The van der Waals surface area contributed by atoms with Crippen molar-refractivity contribution in [2.24, 2.45) is 4.99 Å². The Morgan fingerprint density at radius 1 is 1.09 bits per heavy atom. The molecule has 4 rings (SSSR count). The maximum absolute atomic E-state index is 13.1. The van der Waals surface area contributed by atoms with Gasteiger partial charge in [0, 0.05) is 0 Å². The SMILES string of the molecule is Cc1ccc(CC2CONC(c3nc(C)nnc3Oc3cccc(C(F)(F)F)c3)=N2)c(C)c1. The van der Waals surface area contributed by atoms with E-state index in [9.17, 15) is 13.2 Å². The van der Waals surface area contributed by atoms with Crippen LogP contribution >= 0.6 is 0 Å². The molecule has 7 nitrogen and oxygen atoms in total. The number of rotatable bonds is 5. The fourth-order valence-corrected chi connectivity index (χ4v) is 3.46. The van der Waals surface area contributed by atoms with E-state index in [1.54, 1.807) is 6.92 Å². The zero-order valence-electron chi connectivity index (χ0n) is 18.3. The first-order valence-corrected chi connectivity index (χ1v) is 10.3. The average Bonchev–Trinajstić information content (AvgIpc) is 2.77. The quantitative estimate of drug-likeness (QED) is 0.608. The van der Waals surface area contributed by atoms with Crippen molar-refractivity contribution < 1.29 is 22.7 Å². The van der Waals surface area contributed by atoms with Gasteiger partial charge < -0.3 is 4.74 Å². The van der Waals surface area contributed by atoms with Crippen molar-refractivity contribution in [3.05, 3.63) is 76.2 Å². The van der Waals surface area contributed by atoms with E-state index in [0.29, 0.717) is 18.9 Å². The summed E-state index contributed by atoms with van der Waals surface area (Å²) in [5.41, 5.74) is 5.59. The molecule has 1 aliphatic rings. The molecule has 0 bridgehead atoms. The number of hydroxylamine groups is 1. The van der Waals surface area contributed by atoms with Crippen LogP contribution in [-0.4, -0.2) is 33.7 Å². The van der Waals surface area contributed by atoms with Crippen molar-refractivity contribution in [3.63, 3.8) is 0 Å². The number of aryl methyl sites for hydroxylation is 3. The number of aliphatic imine (C=N–C) groups is 1. The number of amidine groups is 1. The van der Waals surface area contributed by atoms with Crippen molar-refractivity contribution in [3.8, 4) is 11.6 Å². The Bertz CT molecular complexity index is 1200. The van der Waals surface area contributed by atoms with Crippen LogP contribution in [0.15, 0.2) is 47.5 Å². The molecule has 1 atom stereocenters. The van der Waals surface area contributed by atoms with Crippen LogP contribution in [0, 0.1) is 20.8 Å². The summed E-state index contributed by atoms with van der Waals surface area (Å²) in [6.07, 6.45) is -3.85. The smallest absolute Gasteiger partial charge is 0.416 e. The molecule has 3 aromatic rings. The number of hydrogen-bond donors (Lipinski definition) is 1. The molecule has 0 saturated heterocycles. The van der Waals surface area contributed by atoms with Crippen molar-refractivity contribution >= 4 is 5.84 Å². The summed E-state index contributed by atoms with van der Waals surface area (Å²) in [6.45, 7) is 6.07. The fourth-order valence-electron chi connectivity index (χ4n) is 3.46. The van der Waals surface area contributed by atoms with Gasteiger partial charge in [0.05, 0.1) is 18.2 Å². The van der Waals surface area contributed by atoms with E-state index in [2.05, 4.69) is 32.8 Å². The molecule has 1 unspecified atom stereocenters. The van der Waals surface area contributed by atoms with E-state index in [0.717, 1.165) is 17.7 Å². The zero-order valence-corrected chi connectivity index (χ0v) is 18.3. The molecular weight excluding hydrogens is 435 g/mol. The maximum atomic E-state index is 13.1. The van der Waals surface area contributed by atoms with Crippen LogP contribution in [0.3, 0.4) is 0 Å². The molecule has 33 heavy (non-hydrogen) atoms. The van der Waals surface area contributed by atoms with Crippen molar-refractivity contribution in [1.82, 2.24) is 20.7 Å². The van der Waals surface area contributed by atoms with Crippen LogP contribution in [-0.2, 0) is 17.4 Å². The lowest BCUT2D eigenvalue weighted by atomic mass is 9.99. The standard InChI is InChI=1S/C23H22F3N5O2/c1-13-7-8-16(14(2)9-13)10-18-12-32-31-21(28-18)20-22(30-29-15(3)27-20)33-19-6-4-5-17(11-19)23(24,25)26/h4-9,11,18H,10,12H2,1-3H3,(H,28,31). The maximum Gasteiger partial charge on any atom is 0.416 e. The first-order valence-electron chi connectivity index (χ1n) is 10.3. The summed E-state index contributed by atoms with van der Waals surface area (Å²) in [5.74, 6) is 0.496. The normalized spacial score (nSPS) is 16.2. The molecule has 172 valence electrons. The van der Waals surface area contributed by atoms with Gasteiger partial charge in [-0.15, -0.1) is 10.2 Å². The number of hydrogen-bond acceptors (Lipinski definition) is 7. The lowest BCUT2D eigenvalue weighted by molar-refractivity contribution is -0.137. The molecule has 2 heterocycles. The van der Waals surface area contributed by atoms with Gasteiger partial charge in [0.25, 0.3) is 5.88 Å². The van der Waals surface area contributed by atoms with Gasteiger partial charge in [0.15, 0.2) is 11.5 Å². The number of ether oxygens (including phenoxy) is 1. The monoisotopic (exact) mass is 457 g/mol. The molecule has 1 aromatic heterocycles. The van der Waals surface area contributed by atoms with E-state index in [4.69, 9.17) is 14.6 Å². The summed E-state index contributed by atoms with van der Waals surface area (Å²) in [6, 6.07) is 10.5. The highest BCUT2D eigenvalue weighted by Gasteiger charge is 2.31.